The van der Waals surface area contributed by atoms with Crippen molar-refractivity contribution in [2.45, 2.75) is 70.9 Å². The lowest BCUT2D eigenvalue weighted by Crippen LogP contribution is -2.44. The zero-order valence-electron chi connectivity index (χ0n) is 11.8. The molecule has 2 heteroatoms. The number of hydrogen-bond acceptors (Lipinski definition) is 2. The van der Waals surface area contributed by atoms with Crippen molar-refractivity contribution in [3.8, 4) is 0 Å². The van der Waals surface area contributed by atoms with Crippen molar-refractivity contribution in [3.63, 3.8) is 0 Å². The molecule has 0 spiro atoms. The van der Waals surface area contributed by atoms with E-state index in [0.29, 0.717) is 0 Å². The summed E-state index contributed by atoms with van der Waals surface area (Å²) in [6.45, 7) is 8.70. The van der Waals surface area contributed by atoms with Gasteiger partial charge in [0.05, 0.1) is 0 Å². The predicted octanol–water partition coefficient (Wildman–Crippen LogP) is 3.03. The van der Waals surface area contributed by atoms with E-state index in [4.69, 9.17) is 0 Å². The Kier molecular flexibility index (Phi) is 5.30. The minimum Gasteiger partial charge on any atom is -0.314 e. The Hall–Kier alpha value is -0.0800. The number of nitrogens with one attached hydrogen (secondary N) is 1. The van der Waals surface area contributed by atoms with E-state index < -0.39 is 0 Å². The molecule has 2 unspecified atom stereocenters. The van der Waals surface area contributed by atoms with E-state index in [1.54, 1.807) is 0 Å². The zero-order chi connectivity index (χ0) is 12.1. The van der Waals surface area contributed by atoms with Crippen molar-refractivity contribution in [2.24, 2.45) is 5.92 Å². The molecular formula is C15H30N2. The van der Waals surface area contributed by atoms with Gasteiger partial charge in [-0.3, -0.25) is 0 Å². The van der Waals surface area contributed by atoms with Crippen LogP contribution in [0.3, 0.4) is 0 Å². The summed E-state index contributed by atoms with van der Waals surface area (Å²) in [7, 11) is 0. The first-order valence-electron chi connectivity index (χ1n) is 7.77. The largest absolute Gasteiger partial charge is 0.314 e. The maximum absolute atomic E-state index is 3.68. The summed E-state index contributed by atoms with van der Waals surface area (Å²) in [5.74, 6) is 1.01. The molecule has 0 saturated carbocycles. The maximum Gasteiger partial charge on any atom is 0.00818 e. The Balaban J connectivity index is 1.70. The Bertz CT molecular complexity index is 203. The number of rotatable bonds is 4. The van der Waals surface area contributed by atoms with Gasteiger partial charge in [-0.05, 0) is 64.6 Å². The molecule has 2 aliphatic rings. The van der Waals surface area contributed by atoms with Crippen LogP contribution in [-0.4, -0.2) is 36.6 Å². The van der Waals surface area contributed by atoms with Crippen LogP contribution in [0, 0.1) is 5.92 Å². The lowest BCUT2D eigenvalue weighted by Gasteiger charge is -2.38. The number of likely N-dealkylation sites (tertiary alicyclic amines) is 1. The molecule has 17 heavy (non-hydrogen) atoms. The molecule has 0 amide bonds. The molecule has 0 aliphatic carbocycles. The maximum atomic E-state index is 3.68. The molecular weight excluding hydrogens is 208 g/mol. The fourth-order valence-corrected chi connectivity index (χ4v) is 3.49. The summed E-state index contributed by atoms with van der Waals surface area (Å²) < 4.78 is 0. The third-order valence-corrected chi connectivity index (χ3v) is 4.89. The van der Waals surface area contributed by atoms with Crippen LogP contribution in [-0.2, 0) is 0 Å². The lowest BCUT2D eigenvalue weighted by atomic mass is 9.92. The van der Waals surface area contributed by atoms with Crippen molar-refractivity contribution in [1.29, 1.82) is 0 Å². The first kappa shape index (κ1) is 13.4. The second-order valence-corrected chi connectivity index (χ2v) is 6.12. The van der Waals surface area contributed by atoms with Crippen LogP contribution >= 0.6 is 0 Å². The molecule has 0 aromatic rings. The van der Waals surface area contributed by atoms with Crippen LogP contribution in [0.15, 0.2) is 0 Å². The summed E-state index contributed by atoms with van der Waals surface area (Å²) in [6, 6.07) is 1.58. The Morgan fingerprint density at radius 3 is 2.53 bits per heavy atom. The monoisotopic (exact) mass is 238 g/mol. The van der Waals surface area contributed by atoms with Gasteiger partial charge in [-0.2, -0.15) is 0 Å². The standard InChI is InChI=1S/C15H30N2/c1-3-14-7-10-17(11-8-14)13(2)12-15-6-4-5-9-16-15/h13-16H,3-12H2,1-2H3. The zero-order valence-corrected chi connectivity index (χ0v) is 11.8. The SMILES string of the molecule is CCC1CCN(C(C)CC2CCCCN2)CC1. The Labute approximate surface area is 107 Å². The third kappa shape index (κ3) is 3.96. The van der Waals surface area contributed by atoms with Gasteiger partial charge >= 0.3 is 0 Å². The highest BCUT2D eigenvalue weighted by molar-refractivity contribution is 4.81. The average molecular weight is 238 g/mol. The van der Waals surface area contributed by atoms with Gasteiger partial charge in [-0.15, -0.1) is 0 Å². The summed E-state index contributed by atoms with van der Waals surface area (Å²) in [5.41, 5.74) is 0. The van der Waals surface area contributed by atoms with Crippen molar-refractivity contribution in [3.05, 3.63) is 0 Å². The smallest absolute Gasteiger partial charge is 0.00818 e. The lowest BCUT2D eigenvalue weighted by molar-refractivity contribution is 0.123. The van der Waals surface area contributed by atoms with Crippen molar-refractivity contribution >= 4 is 0 Å². The van der Waals surface area contributed by atoms with Gasteiger partial charge in [0.1, 0.15) is 0 Å². The van der Waals surface area contributed by atoms with E-state index >= 15 is 0 Å². The average Bonchev–Trinajstić information content (AvgIpc) is 2.40. The highest BCUT2D eigenvalue weighted by Gasteiger charge is 2.24. The molecule has 2 rings (SSSR count). The number of hydrogen-bond donors (Lipinski definition) is 1. The molecule has 2 heterocycles. The molecule has 100 valence electrons. The van der Waals surface area contributed by atoms with Crippen molar-refractivity contribution in [1.82, 2.24) is 10.2 Å². The summed E-state index contributed by atoms with van der Waals surface area (Å²) in [5, 5.41) is 3.68. The van der Waals surface area contributed by atoms with Crippen LogP contribution in [0.5, 0.6) is 0 Å². The summed E-state index contributed by atoms with van der Waals surface area (Å²) in [4.78, 5) is 2.72. The van der Waals surface area contributed by atoms with E-state index in [1.165, 1.54) is 64.6 Å². The van der Waals surface area contributed by atoms with Crippen molar-refractivity contribution in [2.75, 3.05) is 19.6 Å². The normalized spacial score (nSPS) is 30.4. The van der Waals surface area contributed by atoms with Crippen molar-refractivity contribution < 1.29 is 0 Å². The van der Waals surface area contributed by atoms with Gasteiger partial charge in [-0.25, -0.2) is 0 Å². The highest BCUT2D eigenvalue weighted by Crippen LogP contribution is 2.23. The summed E-state index contributed by atoms with van der Waals surface area (Å²) in [6.07, 6.45) is 9.81. The molecule has 0 aromatic carbocycles. The highest BCUT2D eigenvalue weighted by atomic mass is 15.2. The third-order valence-electron chi connectivity index (χ3n) is 4.89. The van der Waals surface area contributed by atoms with E-state index in [-0.39, 0.29) is 0 Å². The van der Waals surface area contributed by atoms with Gasteiger partial charge in [0, 0.05) is 12.1 Å². The first-order chi connectivity index (χ1) is 8.29. The first-order valence-corrected chi connectivity index (χ1v) is 7.77. The molecule has 0 aromatic heterocycles. The predicted molar refractivity (Wildman–Crippen MR) is 74.3 cm³/mol. The second-order valence-electron chi connectivity index (χ2n) is 6.12. The molecule has 1 N–H and O–H groups in total. The fourth-order valence-electron chi connectivity index (χ4n) is 3.49. The summed E-state index contributed by atoms with van der Waals surface area (Å²) >= 11 is 0. The van der Waals surface area contributed by atoms with Gasteiger partial charge < -0.3 is 10.2 Å². The minimum atomic E-state index is 0.781. The quantitative estimate of drug-likeness (QED) is 0.810. The minimum absolute atomic E-state index is 0.781. The molecule has 2 fully saturated rings. The molecule has 2 aliphatic heterocycles. The molecule has 0 radical (unpaired) electrons. The molecule has 2 atom stereocenters. The van der Waals surface area contributed by atoms with Crippen LogP contribution < -0.4 is 5.32 Å². The van der Waals surface area contributed by atoms with Crippen LogP contribution in [0.25, 0.3) is 0 Å². The molecule has 0 bridgehead atoms. The van der Waals surface area contributed by atoms with Crippen LogP contribution in [0.2, 0.25) is 0 Å². The molecule has 2 saturated heterocycles. The molecule has 2 nitrogen and oxygen atoms in total. The topological polar surface area (TPSA) is 15.3 Å². The van der Waals surface area contributed by atoms with E-state index in [9.17, 15) is 0 Å². The van der Waals surface area contributed by atoms with Crippen LogP contribution in [0.1, 0.15) is 58.8 Å². The number of nitrogens with zero attached hydrogens (tertiary/aromatic N) is 1. The van der Waals surface area contributed by atoms with Crippen LogP contribution in [0.4, 0.5) is 0 Å². The van der Waals surface area contributed by atoms with Gasteiger partial charge in [-0.1, -0.05) is 19.8 Å². The van der Waals surface area contributed by atoms with Gasteiger partial charge in [0.2, 0.25) is 0 Å². The Morgan fingerprint density at radius 1 is 1.18 bits per heavy atom. The van der Waals surface area contributed by atoms with Gasteiger partial charge in [0.15, 0.2) is 0 Å². The fraction of sp³-hybridized carbons (Fsp3) is 1.00. The Morgan fingerprint density at radius 2 is 1.94 bits per heavy atom. The van der Waals surface area contributed by atoms with Gasteiger partial charge in [0.25, 0.3) is 0 Å². The second kappa shape index (κ2) is 6.75. The van der Waals surface area contributed by atoms with E-state index in [1.807, 2.05) is 0 Å². The number of piperidine rings is 2. The van der Waals surface area contributed by atoms with E-state index in [0.717, 1.165) is 18.0 Å². The van der Waals surface area contributed by atoms with E-state index in [2.05, 4.69) is 24.1 Å².